The summed E-state index contributed by atoms with van der Waals surface area (Å²) in [7, 11) is 0. The van der Waals surface area contributed by atoms with Crippen LogP contribution in [0.5, 0.6) is 0 Å². The van der Waals surface area contributed by atoms with Gasteiger partial charge in [-0.05, 0) is 31.2 Å². The molecule has 1 aliphatic carbocycles. The molecule has 7 heteroatoms. The number of aromatic nitrogens is 2. The molecule has 2 aliphatic rings. The number of ether oxygens (including phenoxy) is 1. The molecular weight excluding hydrogens is 312 g/mol. The lowest BCUT2D eigenvalue weighted by molar-refractivity contribution is 0.0364. The standard InChI is InChI=1S/C16H22N4O2S/c17-14-13-11-3-1-2-4-12(11)23-15(13)20(16(21)18-14)6-5-19-7-9-22-10-8-19/h1-10H2,(H2,17,18,21). The fraction of sp³-hybridized carbons (Fsp3) is 0.625. The van der Waals surface area contributed by atoms with Gasteiger partial charge in [-0.1, -0.05) is 0 Å². The summed E-state index contributed by atoms with van der Waals surface area (Å²) in [5, 5.41) is 1.03. The van der Waals surface area contributed by atoms with E-state index in [0.717, 1.165) is 55.9 Å². The minimum atomic E-state index is -0.221. The maximum Gasteiger partial charge on any atom is 0.350 e. The average Bonchev–Trinajstić information content (AvgIpc) is 2.95. The highest BCUT2D eigenvalue weighted by Crippen LogP contribution is 2.37. The first-order valence-electron chi connectivity index (χ1n) is 8.34. The van der Waals surface area contributed by atoms with Crippen molar-refractivity contribution in [3.63, 3.8) is 0 Å². The predicted octanol–water partition coefficient (Wildman–Crippen LogP) is 1.25. The maximum atomic E-state index is 12.4. The molecule has 2 aromatic rings. The van der Waals surface area contributed by atoms with Crippen molar-refractivity contribution in [3.8, 4) is 0 Å². The van der Waals surface area contributed by atoms with E-state index in [9.17, 15) is 4.79 Å². The number of morpholine rings is 1. The lowest BCUT2D eigenvalue weighted by Gasteiger charge is -2.26. The molecule has 0 unspecified atom stereocenters. The normalized spacial score (nSPS) is 19.1. The van der Waals surface area contributed by atoms with E-state index >= 15 is 0 Å². The van der Waals surface area contributed by atoms with E-state index < -0.39 is 0 Å². The first-order chi connectivity index (χ1) is 11.2. The Balaban J connectivity index is 1.70. The first kappa shape index (κ1) is 15.1. The zero-order chi connectivity index (χ0) is 15.8. The molecule has 0 bridgehead atoms. The molecule has 0 radical (unpaired) electrons. The Bertz CT molecular complexity index is 776. The summed E-state index contributed by atoms with van der Waals surface area (Å²) in [4.78, 5) is 21.2. The van der Waals surface area contributed by atoms with Gasteiger partial charge < -0.3 is 10.5 Å². The molecule has 0 amide bonds. The van der Waals surface area contributed by atoms with Crippen molar-refractivity contribution in [2.45, 2.75) is 32.2 Å². The fourth-order valence-corrected chi connectivity index (χ4v) is 4.99. The number of aryl methyl sites for hydroxylation is 2. The number of nitrogens with zero attached hydrogens (tertiary/aromatic N) is 3. The van der Waals surface area contributed by atoms with Crippen molar-refractivity contribution in [2.75, 3.05) is 38.6 Å². The largest absolute Gasteiger partial charge is 0.383 e. The van der Waals surface area contributed by atoms with E-state index in [2.05, 4.69) is 9.88 Å². The van der Waals surface area contributed by atoms with Crippen LogP contribution < -0.4 is 11.4 Å². The summed E-state index contributed by atoms with van der Waals surface area (Å²) in [6, 6.07) is 0. The van der Waals surface area contributed by atoms with Crippen LogP contribution in [0.3, 0.4) is 0 Å². The van der Waals surface area contributed by atoms with E-state index in [-0.39, 0.29) is 5.69 Å². The molecule has 4 rings (SSSR count). The Hall–Kier alpha value is -1.44. The average molecular weight is 334 g/mol. The quantitative estimate of drug-likeness (QED) is 0.914. The molecule has 0 aromatic carbocycles. The molecular formula is C16H22N4O2S. The molecule has 124 valence electrons. The summed E-state index contributed by atoms with van der Waals surface area (Å²) < 4.78 is 7.20. The van der Waals surface area contributed by atoms with Gasteiger partial charge in [0, 0.05) is 31.1 Å². The van der Waals surface area contributed by atoms with Crippen molar-refractivity contribution in [1.29, 1.82) is 0 Å². The van der Waals surface area contributed by atoms with Crippen molar-refractivity contribution >= 4 is 27.4 Å². The van der Waals surface area contributed by atoms with Gasteiger partial charge in [-0.25, -0.2) is 4.79 Å². The minimum absolute atomic E-state index is 0.221. The molecule has 1 aliphatic heterocycles. The Morgan fingerprint density at radius 2 is 1.96 bits per heavy atom. The fourth-order valence-electron chi connectivity index (χ4n) is 3.58. The lowest BCUT2D eigenvalue weighted by atomic mass is 9.97. The van der Waals surface area contributed by atoms with Crippen molar-refractivity contribution in [3.05, 3.63) is 20.9 Å². The van der Waals surface area contributed by atoms with E-state index in [1.165, 1.54) is 23.3 Å². The lowest BCUT2D eigenvalue weighted by Crippen LogP contribution is -2.39. The smallest absolute Gasteiger partial charge is 0.350 e. The minimum Gasteiger partial charge on any atom is -0.383 e. The Labute approximate surface area is 138 Å². The van der Waals surface area contributed by atoms with Crippen LogP contribution in [0.25, 0.3) is 10.2 Å². The van der Waals surface area contributed by atoms with Gasteiger partial charge in [0.25, 0.3) is 0 Å². The van der Waals surface area contributed by atoms with Crippen LogP contribution in [0.15, 0.2) is 4.79 Å². The van der Waals surface area contributed by atoms with Crippen LogP contribution in [-0.2, 0) is 24.1 Å². The van der Waals surface area contributed by atoms with Gasteiger partial charge in [-0.3, -0.25) is 9.47 Å². The topological polar surface area (TPSA) is 73.4 Å². The molecule has 0 atom stereocenters. The van der Waals surface area contributed by atoms with Crippen LogP contribution in [0.4, 0.5) is 5.82 Å². The Morgan fingerprint density at radius 3 is 2.78 bits per heavy atom. The van der Waals surface area contributed by atoms with Gasteiger partial charge in [0.05, 0.1) is 18.6 Å². The third-order valence-corrected chi connectivity index (χ3v) is 6.16. The number of rotatable bonds is 3. The SMILES string of the molecule is Nc1nc(=O)n(CCN2CCOCC2)c2sc3c(c12)CCCC3. The summed E-state index contributed by atoms with van der Waals surface area (Å²) in [5.41, 5.74) is 7.20. The van der Waals surface area contributed by atoms with E-state index in [4.69, 9.17) is 10.5 Å². The summed E-state index contributed by atoms with van der Waals surface area (Å²) >= 11 is 1.74. The van der Waals surface area contributed by atoms with Gasteiger partial charge in [0.15, 0.2) is 0 Å². The highest BCUT2D eigenvalue weighted by atomic mass is 32.1. The van der Waals surface area contributed by atoms with E-state index in [0.29, 0.717) is 12.4 Å². The molecule has 3 heterocycles. The van der Waals surface area contributed by atoms with Crippen molar-refractivity contribution < 1.29 is 4.74 Å². The van der Waals surface area contributed by atoms with Crippen molar-refractivity contribution in [1.82, 2.24) is 14.5 Å². The first-order valence-corrected chi connectivity index (χ1v) is 9.16. The number of hydrogen-bond acceptors (Lipinski definition) is 6. The molecule has 23 heavy (non-hydrogen) atoms. The number of nitrogens with two attached hydrogens (primary N) is 1. The highest BCUT2D eigenvalue weighted by Gasteiger charge is 2.22. The number of anilines is 1. The molecule has 2 N–H and O–H groups in total. The second kappa shape index (κ2) is 6.22. The third-order valence-electron chi connectivity index (χ3n) is 4.84. The van der Waals surface area contributed by atoms with Crippen LogP contribution in [0.1, 0.15) is 23.3 Å². The molecule has 2 aromatic heterocycles. The van der Waals surface area contributed by atoms with Gasteiger partial charge >= 0.3 is 5.69 Å². The monoisotopic (exact) mass is 334 g/mol. The number of nitrogen functional groups attached to an aromatic ring is 1. The van der Waals surface area contributed by atoms with Gasteiger partial charge in [0.2, 0.25) is 0 Å². The Kier molecular flexibility index (Phi) is 4.09. The predicted molar refractivity (Wildman–Crippen MR) is 92.2 cm³/mol. The van der Waals surface area contributed by atoms with Gasteiger partial charge in [-0.2, -0.15) is 4.98 Å². The van der Waals surface area contributed by atoms with Crippen molar-refractivity contribution in [2.24, 2.45) is 0 Å². The van der Waals surface area contributed by atoms with E-state index in [1.54, 1.807) is 11.3 Å². The molecule has 0 spiro atoms. The molecule has 1 saturated heterocycles. The molecule has 0 saturated carbocycles. The van der Waals surface area contributed by atoms with E-state index in [1.807, 2.05) is 4.57 Å². The second-order valence-electron chi connectivity index (χ2n) is 6.28. The highest BCUT2D eigenvalue weighted by molar-refractivity contribution is 7.19. The summed E-state index contributed by atoms with van der Waals surface area (Å²) in [6.07, 6.45) is 4.59. The number of thiophene rings is 1. The van der Waals surface area contributed by atoms with Gasteiger partial charge in [0.1, 0.15) is 10.6 Å². The maximum absolute atomic E-state index is 12.4. The third kappa shape index (κ3) is 2.77. The number of hydrogen-bond donors (Lipinski definition) is 1. The van der Waals surface area contributed by atoms with Crippen LogP contribution >= 0.6 is 11.3 Å². The van der Waals surface area contributed by atoms with Crippen LogP contribution in [0.2, 0.25) is 0 Å². The summed E-state index contributed by atoms with van der Waals surface area (Å²) in [5.74, 6) is 0.409. The second-order valence-corrected chi connectivity index (χ2v) is 7.36. The Morgan fingerprint density at radius 1 is 1.17 bits per heavy atom. The van der Waals surface area contributed by atoms with Crippen LogP contribution in [-0.4, -0.2) is 47.3 Å². The van der Waals surface area contributed by atoms with Gasteiger partial charge in [-0.15, -0.1) is 11.3 Å². The zero-order valence-corrected chi connectivity index (χ0v) is 14.0. The summed E-state index contributed by atoms with van der Waals surface area (Å²) in [6.45, 7) is 4.94. The molecule has 6 nitrogen and oxygen atoms in total. The molecule has 1 fully saturated rings. The zero-order valence-electron chi connectivity index (χ0n) is 13.2. The van der Waals surface area contributed by atoms with Crippen LogP contribution in [0, 0.1) is 0 Å². The number of fused-ring (bicyclic) bond motifs is 3.